The smallest absolute Gasteiger partial charge is 0.237 e. The number of ether oxygens (including phenoxy) is 1. The van der Waals surface area contributed by atoms with Crippen LogP contribution in [0.15, 0.2) is 41.1 Å². The van der Waals surface area contributed by atoms with E-state index in [1.165, 1.54) is 11.8 Å². The van der Waals surface area contributed by atoms with E-state index in [-0.39, 0.29) is 11.8 Å². The van der Waals surface area contributed by atoms with Gasteiger partial charge in [-0.1, -0.05) is 5.16 Å². The van der Waals surface area contributed by atoms with Gasteiger partial charge in [-0.05, 0) is 56.7 Å². The number of hydrogen-bond acceptors (Lipinski definition) is 7. The lowest BCUT2D eigenvalue weighted by molar-refractivity contribution is -0.113. The molecular formula is C21H20N4O3S. The molecule has 0 aliphatic heterocycles. The Bertz CT molecular complexity index is 1050. The Kier molecular flexibility index (Phi) is 6.52. The van der Waals surface area contributed by atoms with Crippen molar-refractivity contribution in [3.8, 4) is 17.7 Å². The molecule has 1 aromatic carbocycles. The molecule has 0 unspecified atom stereocenters. The number of nitrogens with zero attached hydrogens (tertiary/aromatic N) is 3. The first kappa shape index (κ1) is 20.4. The number of aromatic nitrogens is 2. The minimum absolute atomic E-state index is 0.0879. The van der Waals surface area contributed by atoms with E-state index in [2.05, 4.69) is 15.5 Å². The lowest BCUT2D eigenvalue weighted by Gasteiger charge is -2.11. The van der Waals surface area contributed by atoms with Crippen molar-refractivity contribution in [2.24, 2.45) is 0 Å². The molecule has 8 heteroatoms. The number of carbonyl (C=O) groups excluding carboxylic acids is 1. The number of carbonyl (C=O) groups is 1. The Hall–Kier alpha value is -3.31. The predicted molar refractivity (Wildman–Crippen MR) is 111 cm³/mol. The van der Waals surface area contributed by atoms with E-state index in [0.29, 0.717) is 28.5 Å². The van der Waals surface area contributed by atoms with Crippen molar-refractivity contribution in [2.75, 3.05) is 11.1 Å². The second-order valence-electron chi connectivity index (χ2n) is 6.39. The van der Waals surface area contributed by atoms with E-state index in [1.54, 1.807) is 36.5 Å². The summed E-state index contributed by atoms with van der Waals surface area (Å²) in [6, 6.07) is 10.7. The van der Waals surface area contributed by atoms with Gasteiger partial charge in [-0.3, -0.25) is 4.79 Å². The van der Waals surface area contributed by atoms with E-state index >= 15 is 0 Å². The van der Waals surface area contributed by atoms with Gasteiger partial charge in [0.1, 0.15) is 23.1 Å². The van der Waals surface area contributed by atoms with E-state index in [4.69, 9.17) is 14.5 Å². The second kappa shape index (κ2) is 9.26. The molecule has 7 nitrogen and oxygen atoms in total. The number of rotatable bonds is 7. The zero-order valence-electron chi connectivity index (χ0n) is 16.4. The first-order valence-electron chi connectivity index (χ1n) is 8.91. The van der Waals surface area contributed by atoms with Crippen molar-refractivity contribution in [3.63, 3.8) is 0 Å². The van der Waals surface area contributed by atoms with Crippen molar-refractivity contribution in [3.05, 3.63) is 64.7 Å². The van der Waals surface area contributed by atoms with Crippen LogP contribution in [0.5, 0.6) is 11.6 Å². The molecule has 0 aliphatic carbocycles. The number of nitriles is 1. The van der Waals surface area contributed by atoms with Gasteiger partial charge >= 0.3 is 0 Å². The number of pyridine rings is 1. The first-order valence-corrected chi connectivity index (χ1v) is 10.1. The highest BCUT2D eigenvalue weighted by Gasteiger charge is 2.12. The monoisotopic (exact) mass is 408 g/mol. The number of amides is 1. The van der Waals surface area contributed by atoms with Gasteiger partial charge in [-0.25, -0.2) is 4.98 Å². The average molecular weight is 408 g/mol. The summed E-state index contributed by atoms with van der Waals surface area (Å²) in [6.07, 6.45) is 1.57. The van der Waals surface area contributed by atoms with Crippen LogP contribution >= 0.6 is 11.8 Å². The third-order valence-corrected chi connectivity index (χ3v) is 5.20. The van der Waals surface area contributed by atoms with E-state index in [0.717, 1.165) is 22.6 Å². The van der Waals surface area contributed by atoms with E-state index in [9.17, 15) is 4.79 Å². The Morgan fingerprint density at radius 3 is 2.83 bits per heavy atom. The molecule has 0 fully saturated rings. The number of thioether (sulfide) groups is 1. The van der Waals surface area contributed by atoms with Crippen LogP contribution in [-0.2, 0) is 10.5 Å². The SMILES string of the molecule is Cc1cc(Oc2ncccc2C#N)ccc1NC(=O)CSCc1c(C)noc1C. The summed E-state index contributed by atoms with van der Waals surface area (Å²) < 4.78 is 10.8. The second-order valence-corrected chi connectivity index (χ2v) is 7.38. The van der Waals surface area contributed by atoms with Gasteiger partial charge in [0.25, 0.3) is 0 Å². The summed E-state index contributed by atoms with van der Waals surface area (Å²) in [7, 11) is 0. The molecule has 2 aromatic heterocycles. The standard InChI is InChI=1S/C21H20N4O3S/c1-13-9-17(27-21-16(10-22)5-4-8-23-21)6-7-19(13)24-20(26)12-29-11-18-14(2)25-28-15(18)3/h4-9H,11-12H2,1-3H3,(H,24,26). The zero-order chi connectivity index (χ0) is 20.8. The molecule has 0 saturated heterocycles. The molecule has 0 aliphatic rings. The molecule has 3 rings (SSSR count). The van der Waals surface area contributed by atoms with Crippen LogP contribution in [0, 0.1) is 32.1 Å². The number of hydrogen-bond donors (Lipinski definition) is 1. The normalized spacial score (nSPS) is 10.4. The Labute approximate surface area is 173 Å². The predicted octanol–water partition coefficient (Wildman–Crippen LogP) is 4.53. The summed E-state index contributed by atoms with van der Waals surface area (Å²) in [4.78, 5) is 16.4. The molecule has 1 amide bonds. The highest BCUT2D eigenvalue weighted by Crippen LogP contribution is 2.27. The number of benzene rings is 1. The quantitative estimate of drug-likeness (QED) is 0.613. The number of anilines is 1. The van der Waals surface area contributed by atoms with Crippen molar-refractivity contribution in [1.82, 2.24) is 10.1 Å². The van der Waals surface area contributed by atoms with E-state index in [1.807, 2.05) is 26.8 Å². The van der Waals surface area contributed by atoms with Crippen LogP contribution < -0.4 is 10.1 Å². The summed E-state index contributed by atoms with van der Waals surface area (Å²) in [5.74, 6) is 2.49. The zero-order valence-corrected chi connectivity index (χ0v) is 17.2. The topological polar surface area (TPSA) is 101 Å². The minimum Gasteiger partial charge on any atom is -0.438 e. The van der Waals surface area contributed by atoms with Crippen molar-refractivity contribution < 1.29 is 14.1 Å². The van der Waals surface area contributed by atoms with Crippen LogP contribution in [0.2, 0.25) is 0 Å². The maximum absolute atomic E-state index is 12.3. The fourth-order valence-corrected chi connectivity index (χ4v) is 3.62. The minimum atomic E-state index is -0.0879. The van der Waals surface area contributed by atoms with Crippen molar-refractivity contribution >= 4 is 23.4 Å². The highest BCUT2D eigenvalue weighted by molar-refractivity contribution is 7.99. The Balaban J connectivity index is 1.57. The Morgan fingerprint density at radius 1 is 1.31 bits per heavy atom. The van der Waals surface area contributed by atoms with Gasteiger partial charge in [-0.2, -0.15) is 5.26 Å². The van der Waals surface area contributed by atoms with Gasteiger partial charge in [0.2, 0.25) is 11.8 Å². The summed E-state index contributed by atoms with van der Waals surface area (Å²) in [6.45, 7) is 5.64. The Morgan fingerprint density at radius 2 is 2.14 bits per heavy atom. The average Bonchev–Trinajstić information content (AvgIpc) is 3.02. The summed E-state index contributed by atoms with van der Waals surface area (Å²) in [5.41, 5.74) is 3.81. The lowest BCUT2D eigenvalue weighted by atomic mass is 10.2. The molecule has 1 N–H and O–H groups in total. The molecule has 3 aromatic rings. The molecule has 0 saturated carbocycles. The number of nitrogens with one attached hydrogen (secondary N) is 1. The molecule has 148 valence electrons. The summed E-state index contributed by atoms with van der Waals surface area (Å²) >= 11 is 1.51. The third kappa shape index (κ3) is 5.15. The van der Waals surface area contributed by atoms with Gasteiger partial charge < -0.3 is 14.6 Å². The van der Waals surface area contributed by atoms with Crippen LogP contribution in [-0.4, -0.2) is 21.8 Å². The fourth-order valence-electron chi connectivity index (χ4n) is 2.65. The molecule has 0 bridgehead atoms. The van der Waals surface area contributed by atoms with Gasteiger partial charge in [-0.15, -0.1) is 11.8 Å². The molecular weight excluding hydrogens is 388 g/mol. The van der Waals surface area contributed by atoms with Crippen molar-refractivity contribution in [2.45, 2.75) is 26.5 Å². The summed E-state index contributed by atoms with van der Waals surface area (Å²) in [5, 5.41) is 16.0. The van der Waals surface area contributed by atoms with E-state index < -0.39 is 0 Å². The molecule has 0 radical (unpaired) electrons. The lowest BCUT2D eigenvalue weighted by Crippen LogP contribution is -2.15. The largest absolute Gasteiger partial charge is 0.438 e. The maximum Gasteiger partial charge on any atom is 0.237 e. The van der Waals surface area contributed by atoms with Crippen LogP contribution in [0.4, 0.5) is 5.69 Å². The first-order chi connectivity index (χ1) is 14.0. The van der Waals surface area contributed by atoms with Gasteiger partial charge in [0, 0.05) is 23.2 Å². The molecule has 2 heterocycles. The van der Waals surface area contributed by atoms with Gasteiger partial charge in [0.05, 0.1) is 11.4 Å². The maximum atomic E-state index is 12.3. The van der Waals surface area contributed by atoms with Crippen LogP contribution in [0.25, 0.3) is 0 Å². The number of aryl methyl sites for hydroxylation is 3. The van der Waals surface area contributed by atoms with Gasteiger partial charge in [0.15, 0.2) is 0 Å². The molecule has 29 heavy (non-hydrogen) atoms. The highest BCUT2D eigenvalue weighted by atomic mass is 32.2. The fraction of sp³-hybridized carbons (Fsp3) is 0.238. The van der Waals surface area contributed by atoms with Crippen LogP contribution in [0.1, 0.15) is 28.1 Å². The third-order valence-electron chi connectivity index (χ3n) is 4.24. The van der Waals surface area contributed by atoms with Crippen molar-refractivity contribution in [1.29, 1.82) is 5.26 Å². The molecule has 0 spiro atoms. The van der Waals surface area contributed by atoms with Crippen LogP contribution in [0.3, 0.4) is 0 Å². The molecule has 0 atom stereocenters.